The molecule has 0 bridgehead atoms. The molecule has 2 fully saturated rings. The molecule has 2 rings (SSSR count). The van der Waals surface area contributed by atoms with Gasteiger partial charge in [0, 0.05) is 18.3 Å². The third-order valence-corrected chi connectivity index (χ3v) is 4.59. The van der Waals surface area contributed by atoms with Gasteiger partial charge >= 0.3 is 0 Å². The second-order valence-corrected chi connectivity index (χ2v) is 6.15. The van der Waals surface area contributed by atoms with Crippen LogP contribution >= 0.6 is 11.8 Å². The van der Waals surface area contributed by atoms with E-state index in [1.807, 2.05) is 0 Å². The van der Waals surface area contributed by atoms with Crippen LogP contribution in [0.15, 0.2) is 0 Å². The molecule has 0 aromatic heterocycles. The fourth-order valence-corrected chi connectivity index (χ4v) is 3.35. The van der Waals surface area contributed by atoms with E-state index in [1.165, 1.54) is 19.3 Å². The zero-order chi connectivity index (χ0) is 12.8. The lowest BCUT2D eigenvalue weighted by Gasteiger charge is -2.35. The van der Waals surface area contributed by atoms with Gasteiger partial charge in [-0.3, -0.25) is 9.69 Å². The Morgan fingerprint density at radius 1 is 1.39 bits per heavy atom. The van der Waals surface area contributed by atoms with Crippen molar-refractivity contribution in [1.82, 2.24) is 15.5 Å². The summed E-state index contributed by atoms with van der Waals surface area (Å²) in [5.41, 5.74) is 0. The number of amides is 1. The largest absolute Gasteiger partial charge is 0.354 e. The van der Waals surface area contributed by atoms with Crippen LogP contribution < -0.4 is 10.6 Å². The van der Waals surface area contributed by atoms with Crippen LogP contribution in [0.3, 0.4) is 0 Å². The summed E-state index contributed by atoms with van der Waals surface area (Å²) in [6, 6.07) is 0.750. The molecule has 1 atom stereocenters. The molecule has 18 heavy (non-hydrogen) atoms. The van der Waals surface area contributed by atoms with Crippen LogP contribution in [0.25, 0.3) is 0 Å². The smallest absolute Gasteiger partial charge is 0.237 e. The summed E-state index contributed by atoms with van der Waals surface area (Å²) in [5.74, 6) is 1.26. The van der Waals surface area contributed by atoms with Crippen LogP contribution in [0.2, 0.25) is 0 Å². The molecule has 0 aromatic rings. The number of piperidine rings is 1. The molecule has 0 aromatic carbocycles. The van der Waals surface area contributed by atoms with Crippen LogP contribution in [0.4, 0.5) is 0 Å². The fraction of sp³-hybridized carbons (Fsp3) is 0.923. The van der Waals surface area contributed by atoms with E-state index in [0.717, 1.165) is 38.4 Å². The summed E-state index contributed by atoms with van der Waals surface area (Å²) < 4.78 is 0. The number of hydrogen-bond donors (Lipinski definition) is 2. The number of hydrogen-bond acceptors (Lipinski definition) is 4. The van der Waals surface area contributed by atoms with E-state index in [2.05, 4.69) is 21.8 Å². The van der Waals surface area contributed by atoms with E-state index < -0.39 is 0 Å². The number of rotatable bonds is 5. The van der Waals surface area contributed by atoms with Crippen molar-refractivity contribution in [3.63, 3.8) is 0 Å². The molecular weight excluding hydrogens is 246 g/mol. The molecule has 0 spiro atoms. The van der Waals surface area contributed by atoms with Crippen molar-refractivity contribution in [2.75, 3.05) is 38.2 Å². The van der Waals surface area contributed by atoms with Crippen LogP contribution in [-0.4, -0.2) is 61.1 Å². The van der Waals surface area contributed by atoms with Crippen molar-refractivity contribution < 1.29 is 4.79 Å². The molecule has 5 heteroatoms. The minimum Gasteiger partial charge on any atom is -0.354 e. The monoisotopic (exact) mass is 271 g/mol. The quantitative estimate of drug-likeness (QED) is 0.722. The zero-order valence-electron chi connectivity index (χ0n) is 11.3. The van der Waals surface area contributed by atoms with E-state index in [-0.39, 0.29) is 11.9 Å². The van der Waals surface area contributed by atoms with Gasteiger partial charge in [-0.25, -0.2) is 0 Å². The van der Waals surface area contributed by atoms with Gasteiger partial charge < -0.3 is 10.6 Å². The number of carbonyl (C=O) groups is 1. The third kappa shape index (κ3) is 3.62. The van der Waals surface area contributed by atoms with Crippen molar-refractivity contribution in [3.05, 3.63) is 0 Å². The molecule has 2 saturated heterocycles. The van der Waals surface area contributed by atoms with Gasteiger partial charge in [-0.15, -0.1) is 0 Å². The predicted molar refractivity (Wildman–Crippen MR) is 77.0 cm³/mol. The molecule has 0 saturated carbocycles. The SMILES string of the molecule is CSCCNC(=O)[C@@H]1CCCN1C1CCNCC1. The molecule has 0 radical (unpaired) electrons. The first-order valence-electron chi connectivity index (χ1n) is 7.06. The second kappa shape index (κ2) is 7.36. The van der Waals surface area contributed by atoms with Gasteiger partial charge in [-0.1, -0.05) is 0 Å². The van der Waals surface area contributed by atoms with Crippen molar-refractivity contribution >= 4 is 17.7 Å². The van der Waals surface area contributed by atoms with Gasteiger partial charge in [0.1, 0.15) is 0 Å². The van der Waals surface area contributed by atoms with Gasteiger partial charge in [0.15, 0.2) is 0 Å². The topological polar surface area (TPSA) is 44.4 Å². The average molecular weight is 271 g/mol. The maximum absolute atomic E-state index is 12.2. The highest BCUT2D eigenvalue weighted by atomic mass is 32.2. The maximum Gasteiger partial charge on any atom is 0.237 e. The standard InChI is InChI=1S/C13H25N3OS/c1-18-10-8-15-13(17)12-3-2-9-16(12)11-4-6-14-7-5-11/h11-12,14H,2-10H2,1H3,(H,15,17)/t12-/m0/s1. The minimum absolute atomic E-state index is 0.134. The Labute approximate surface area is 114 Å². The number of thioether (sulfide) groups is 1. The maximum atomic E-state index is 12.2. The summed E-state index contributed by atoms with van der Waals surface area (Å²) in [4.78, 5) is 14.6. The molecule has 4 nitrogen and oxygen atoms in total. The highest BCUT2D eigenvalue weighted by molar-refractivity contribution is 7.98. The first-order valence-corrected chi connectivity index (χ1v) is 8.45. The summed E-state index contributed by atoms with van der Waals surface area (Å²) in [6.45, 7) is 4.10. The molecule has 0 unspecified atom stereocenters. The third-order valence-electron chi connectivity index (χ3n) is 3.98. The van der Waals surface area contributed by atoms with Gasteiger partial charge in [0.05, 0.1) is 6.04 Å². The summed E-state index contributed by atoms with van der Waals surface area (Å²) in [5, 5.41) is 6.47. The lowest BCUT2D eigenvalue weighted by Crippen LogP contribution is -2.51. The van der Waals surface area contributed by atoms with Crippen molar-refractivity contribution in [3.8, 4) is 0 Å². The molecule has 2 heterocycles. The molecule has 1 amide bonds. The van der Waals surface area contributed by atoms with E-state index in [0.29, 0.717) is 6.04 Å². The van der Waals surface area contributed by atoms with Crippen molar-refractivity contribution in [1.29, 1.82) is 0 Å². The van der Waals surface area contributed by atoms with Crippen molar-refractivity contribution in [2.24, 2.45) is 0 Å². The first kappa shape index (κ1) is 14.2. The van der Waals surface area contributed by atoms with E-state index in [9.17, 15) is 4.79 Å². The Morgan fingerprint density at radius 2 is 2.17 bits per heavy atom. The van der Waals surface area contributed by atoms with Gasteiger partial charge in [-0.05, 0) is 51.6 Å². The van der Waals surface area contributed by atoms with Gasteiger partial charge in [0.2, 0.25) is 5.91 Å². The Morgan fingerprint density at radius 3 is 2.89 bits per heavy atom. The molecular formula is C13H25N3OS. The lowest BCUT2D eigenvalue weighted by atomic mass is 10.0. The van der Waals surface area contributed by atoms with E-state index in [1.54, 1.807) is 11.8 Å². The van der Waals surface area contributed by atoms with E-state index in [4.69, 9.17) is 0 Å². The number of nitrogens with one attached hydrogen (secondary N) is 2. The zero-order valence-corrected chi connectivity index (χ0v) is 12.1. The Bertz CT molecular complexity index is 269. The van der Waals surface area contributed by atoms with Crippen molar-refractivity contribution in [2.45, 2.75) is 37.8 Å². The van der Waals surface area contributed by atoms with Crippen LogP contribution in [0.1, 0.15) is 25.7 Å². The second-order valence-electron chi connectivity index (χ2n) is 5.16. The summed E-state index contributed by atoms with van der Waals surface area (Å²) in [7, 11) is 0. The highest BCUT2D eigenvalue weighted by Crippen LogP contribution is 2.24. The Hall–Kier alpha value is -0.260. The Kier molecular flexibility index (Phi) is 5.79. The van der Waals surface area contributed by atoms with E-state index >= 15 is 0 Å². The summed E-state index contributed by atoms with van der Waals surface area (Å²) in [6.07, 6.45) is 6.66. The average Bonchev–Trinajstić information content (AvgIpc) is 2.89. The van der Waals surface area contributed by atoms with Crippen LogP contribution in [0, 0.1) is 0 Å². The Balaban J connectivity index is 1.84. The van der Waals surface area contributed by atoms with Gasteiger partial charge in [-0.2, -0.15) is 11.8 Å². The first-order chi connectivity index (χ1) is 8.83. The minimum atomic E-state index is 0.134. The molecule has 2 aliphatic rings. The van der Waals surface area contributed by atoms with Crippen LogP contribution in [0.5, 0.6) is 0 Å². The fourth-order valence-electron chi connectivity index (χ4n) is 3.04. The number of likely N-dealkylation sites (tertiary alicyclic amines) is 1. The van der Waals surface area contributed by atoms with Crippen LogP contribution in [-0.2, 0) is 4.79 Å². The highest BCUT2D eigenvalue weighted by Gasteiger charge is 2.35. The van der Waals surface area contributed by atoms with Gasteiger partial charge in [0.25, 0.3) is 0 Å². The molecule has 2 aliphatic heterocycles. The normalized spacial score (nSPS) is 26.4. The molecule has 104 valence electrons. The lowest BCUT2D eigenvalue weighted by molar-refractivity contribution is -0.126. The predicted octanol–water partition coefficient (Wildman–Crippen LogP) is 0.682. The number of carbonyl (C=O) groups excluding carboxylic acids is 1. The molecule has 2 N–H and O–H groups in total. The summed E-state index contributed by atoms with van der Waals surface area (Å²) >= 11 is 1.78. The molecule has 0 aliphatic carbocycles. The number of nitrogens with zero attached hydrogens (tertiary/aromatic N) is 1.